The third kappa shape index (κ3) is 3.47. The van der Waals surface area contributed by atoms with Crippen molar-refractivity contribution < 1.29 is 24.2 Å². The Hall–Kier alpha value is -2.57. The van der Waals surface area contributed by atoms with Crippen LogP contribution in [0.2, 0.25) is 0 Å². The normalized spacial score (nSPS) is 14.0. The van der Waals surface area contributed by atoms with E-state index in [-0.39, 0.29) is 18.7 Å². The molecule has 1 saturated heterocycles. The molecular weight excluding hydrogens is 264 g/mol. The number of rotatable bonds is 5. The van der Waals surface area contributed by atoms with Gasteiger partial charge in [0.1, 0.15) is 6.61 Å². The fourth-order valence-electron chi connectivity index (χ4n) is 1.82. The Bertz CT molecular complexity index is 543. The van der Waals surface area contributed by atoms with E-state index in [2.05, 4.69) is 5.32 Å². The van der Waals surface area contributed by atoms with E-state index in [1.54, 1.807) is 24.3 Å². The van der Waals surface area contributed by atoms with Crippen LogP contribution in [0.4, 0.5) is 16.2 Å². The van der Waals surface area contributed by atoms with Crippen molar-refractivity contribution in [1.82, 2.24) is 0 Å². The zero-order valence-electron chi connectivity index (χ0n) is 10.7. The van der Waals surface area contributed by atoms with Gasteiger partial charge in [0.15, 0.2) is 0 Å². The number of amides is 2. The number of carboxylic acid groups (broad SMARTS) is 1. The average molecular weight is 278 g/mol. The van der Waals surface area contributed by atoms with E-state index in [0.29, 0.717) is 24.5 Å². The first-order chi connectivity index (χ1) is 9.56. The van der Waals surface area contributed by atoms with Crippen molar-refractivity contribution in [2.24, 2.45) is 0 Å². The third-order valence-electron chi connectivity index (χ3n) is 2.77. The van der Waals surface area contributed by atoms with Gasteiger partial charge in [-0.25, -0.2) is 4.79 Å². The van der Waals surface area contributed by atoms with Crippen molar-refractivity contribution in [2.75, 3.05) is 23.4 Å². The number of aliphatic carboxylic acids is 1. The van der Waals surface area contributed by atoms with Gasteiger partial charge in [-0.15, -0.1) is 0 Å². The second-order valence-corrected chi connectivity index (χ2v) is 4.26. The van der Waals surface area contributed by atoms with Crippen LogP contribution in [0, 0.1) is 0 Å². The van der Waals surface area contributed by atoms with Crippen molar-refractivity contribution in [1.29, 1.82) is 0 Å². The summed E-state index contributed by atoms with van der Waals surface area (Å²) >= 11 is 0. The molecule has 2 N–H and O–H groups in total. The molecule has 2 rings (SSSR count). The minimum absolute atomic E-state index is 0.0919. The molecule has 0 saturated carbocycles. The fraction of sp³-hybridized carbons (Fsp3) is 0.308. The van der Waals surface area contributed by atoms with Gasteiger partial charge in [0.05, 0.1) is 13.0 Å². The minimum Gasteiger partial charge on any atom is -0.481 e. The molecule has 1 aliphatic rings. The van der Waals surface area contributed by atoms with Gasteiger partial charge in [0, 0.05) is 17.8 Å². The van der Waals surface area contributed by atoms with Gasteiger partial charge in [-0.2, -0.15) is 0 Å². The molecule has 0 spiro atoms. The maximum Gasteiger partial charge on any atom is 0.414 e. The maximum absolute atomic E-state index is 11.5. The Morgan fingerprint density at radius 2 is 2.15 bits per heavy atom. The molecule has 0 unspecified atom stereocenters. The number of carbonyl (C=O) groups is 3. The molecule has 1 fully saturated rings. The quantitative estimate of drug-likeness (QED) is 0.849. The van der Waals surface area contributed by atoms with Crippen LogP contribution in [0.15, 0.2) is 24.3 Å². The Morgan fingerprint density at radius 3 is 2.80 bits per heavy atom. The molecule has 0 atom stereocenters. The molecule has 1 aliphatic heterocycles. The molecule has 7 nitrogen and oxygen atoms in total. The fourth-order valence-corrected chi connectivity index (χ4v) is 1.82. The lowest BCUT2D eigenvalue weighted by molar-refractivity contribution is -0.138. The SMILES string of the molecule is O=C(O)CCC(=O)Nc1cccc(N2CCOC2=O)c1. The lowest BCUT2D eigenvalue weighted by atomic mass is 10.2. The number of carboxylic acids is 1. The standard InChI is InChI=1S/C13H14N2O5/c16-11(4-5-12(17)18)14-9-2-1-3-10(8-9)15-6-7-20-13(15)19/h1-3,8H,4-7H2,(H,14,16)(H,17,18). The number of hydrogen-bond acceptors (Lipinski definition) is 4. The predicted molar refractivity (Wildman–Crippen MR) is 70.6 cm³/mol. The first-order valence-electron chi connectivity index (χ1n) is 6.12. The van der Waals surface area contributed by atoms with Crippen molar-refractivity contribution in [2.45, 2.75) is 12.8 Å². The molecule has 106 valence electrons. The molecular formula is C13H14N2O5. The van der Waals surface area contributed by atoms with Gasteiger partial charge in [-0.3, -0.25) is 14.5 Å². The van der Waals surface area contributed by atoms with Crippen LogP contribution in [0.3, 0.4) is 0 Å². The van der Waals surface area contributed by atoms with E-state index in [1.807, 2.05) is 0 Å². The Balaban J connectivity index is 2.00. The largest absolute Gasteiger partial charge is 0.481 e. The van der Waals surface area contributed by atoms with Crippen LogP contribution in [0.25, 0.3) is 0 Å². The molecule has 1 heterocycles. The summed E-state index contributed by atoms with van der Waals surface area (Å²) in [6, 6.07) is 6.75. The lowest BCUT2D eigenvalue weighted by Crippen LogP contribution is -2.23. The Labute approximate surface area is 115 Å². The predicted octanol–water partition coefficient (Wildman–Crippen LogP) is 1.45. The number of ether oxygens (including phenoxy) is 1. The highest BCUT2D eigenvalue weighted by Gasteiger charge is 2.23. The van der Waals surface area contributed by atoms with Crippen molar-refractivity contribution >= 4 is 29.3 Å². The van der Waals surface area contributed by atoms with E-state index in [0.717, 1.165) is 0 Å². The highest BCUT2D eigenvalue weighted by atomic mass is 16.6. The number of nitrogens with zero attached hydrogens (tertiary/aromatic N) is 1. The second-order valence-electron chi connectivity index (χ2n) is 4.26. The van der Waals surface area contributed by atoms with E-state index < -0.39 is 12.1 Å². The van der Waals surface area contributed by atoms with Crippen LogP contribution >= 0.6 is 0 Å². The number of anilines is 2. The molecule has 0 aliphatic carbocycles. The Kier molecular flexibility index (Phi) is 4.19. The highest BCUT2D eigenvalue weighted by Crippen LogP contribution is 2.22. The van der Waals surface area contributed by atoms with E-state index in [1.165, 1.54) is 4.90 Å². The van der Waals surface area contributed by atoms with Crippen LogP contribution in [-0.2, 0) is 14.3 Å². The summed E-state index contributed by atoms with van der Waals surface area (Å²) < 4.78 is 4.84. The van der Waals surface area contributed by atoms with Crippen LogP contribution in [-0.4, -0.2) is 36.2 Å². The zero-order chi connectivity index (χ0) is 14.5. The summed E-state index contributed by atoms with van der Waals surface area (Å²) in [5.74, 6) is -1.40. The number of benzene rings is 1. The second kappa shape index (κ2) is 6.05. The monoisotopic (exact) mass is 278 g/mol. The van der Waals surface area contributed by atoms with Crippen LogP contribution in [0.5, 0.6) is 0 Å². The smallest absolute Gasteiger partial charge is 0.414 e. The summed E-state index contributed by atoms with van der Waals surface area (Å²) in [6.45, 7) is 0.809. The molecule has 20 heavy (non-hydrogen) atoms. The number of cyclic esters (lactones) is 1. The molecule has 0 bridgehead atoms. The zero-order valence-corrected chi connectivity index (χ0v) is 10.7. The molecule has 7 heteroatoms. The third-order valence-corrected chi connectivity index (χ3v) is 2.77. The van der Waals surface area contributed by atoms with Gasteiger partial charge in [-0.05, 0) is 18.2 Å². The van der Waals surface area contributed by atoms with E-state index >= 15 is 0 Å². The minimum atomic E-state index is -1.02. The van der Waals surface area contributed by atoms with Crippen molar-refractivity contribution in [3.63, 3.8) is 0 Å². The highest BCUT2D eigenvalue weighted by molar-refractivity contribution is 5.94. The molecule has 0 aromatic heterocycles. The summed E-state index contributed by atoms with van der Waals surface area (Å²) in [5.41, 5.74) is 1.14. The van der Waals surface area contributed by atoms with Gasteiger partial charge in [-0.1, -0.05) is 6.07 Å². The maximum atomic E-state index is 11.5. The molecule has 0 radical (unpaired) electrons. The first kappa shape index (κ1) is 13.9. The molecule has 2 amide bonds. The molecule has 1 aromatic carbocycles. The number of carbonyl (C=O) groups excluding carboxylic acids is 2. The first-order valence-corrected chi connectivity index (χ1v) is 6.12. The summed E-state index contributed by atoms with van der Waals surface area (Å²) in [5, 5.41) is 11.1. The van der Waals surface area contributed by atoms with Crippen LogP contribution in [0.1, 0.15) is 12.8 Å². The lowest BCUT2D eigenvalue weighted by Gasteiger charge is -2.14. The average Bonchev–Trinajstić information content (AvgIpc) is 2.83. The van der Waals surface area contributed by atoms with E-state index in [4.69, 9.17) is 9.84 Å². The van der Waals surface area contributed by atoms with Gasteiger partial charge in [0.2, 0.25) is 5.91 Å². The van der Waals surface area contributed by atoms with Crippen molar-refractivity contribution in [3.8, 4) is 0 Å². The summed E-state index contributed by atoms with van der Waals surface area (Å²) in [7, 11) is 0. The van der Waals surface area contributed by atoms with Crippen LogP contribution < -0.4 is 10.2 Å². The number of nitrogens with one attached hydrogen (secondary N) is 1. The van der Waals surface area contributed by atoms with Gasteiger partial charge < -0.3 is 15.2 Å². The van der Waals surface area contributed by atoms with Gasteiger partial charge in [0.25, 0.3) is 0 Å². The van der Waals surface area contributed by atoms with Crippen molar-refractivity contribution in [3.05, 3.63) is 24.3 Å². The van der Waals surface area contributed by atoms with Gasteiger partial charge >= 0.3 is 12.1 Å². The molecule has 1 aromatic rings. The topological polar surface area (TPSA) is 95.9 Å². The Morgan fingerprint density at radius 1 is 1.35 bits per heavy atom. The number of hydrogen-bond donors (Lipinski definition) is 2. The summed E-state index contributed by atoms with van der Waals surface area (Å²) in [4.78, 5) is 34.8. The van der Waals surface area contributed by atoms with E-state index in [9.17, 15) is 14.4 Å². The summed E-state index contributed by atoms with van der Waals surface area (Å²) in [6.07, 6.45) is -0.727.